The summed E-state index contributed by atoms with van der Waals surface area (Å²) in [5.41, 5.74) is -0.160. The third-order valence-electron chi connectivity index (χ3n) is 1.97. The van der Waals surface area contributed by atoms with Crippen LogP contribution < -0.4 is 0 Å². The van der Waals surface area contributed by atoms with Gasteiger partial charge in [-0.15, -0.1) is 0 Å². The van der Waals surface area contributed by atoms with Crippen LogP contribution in [0.3, 0.4) is 0 Å². The van der Waals surface area contributed by atoms with E-state index in [1.165, 1.54) is 0 Å². The van der Waals surface area contributed by atoms with Crippen molar-refractivity contribution >= 4 is 10.9 Å². The number of para-hydroxylation sites is 1. The summed E-state index contributed by atoms with van der Waals surface area (Å²) in [6.07, 6.45) is 1.73. The molecule has 0 bridgehead atoms. The number of fused-ring (bicyclic) bond motifs is 1. The fourth-order valence-corrected chi connectivity index (χ4v) is 1.24. The zero-order valence-corrected chi connectivity index (χ0v) is 9.23. The van der Waals surface area contributed by atoms with Gasteiger partial charge in [-0.05, 0) is 25.8 Å². The van der Waals surface area contributed by atoms with Crippen molar-refractivity contribution in [2.45, 2.75) is 19.4 Å². The molecule has 0 unspecified atom stereocenters. The van der Waals surface area contributed by atoms with Gasteiger partial charge in [-0.25, -0.2) is 9.97 Å². The lowest BCUT2D eigenvalue weighted by Crippen LogP contribution is -2.14. The highest BCUT2D eigenvalue weighted by Gasteiger charge is 2.06. The van der Waals surface area contributed by atoms with E-state index in [0.29, 0.717) is 5.82 Å². The Hall–Kier alpha value is -1.92. The maximum atomic E-state index is 9.46. The number of rotatable bonds is 0. The van der Waals surface area contributed by atoms with E-state index in [2.05, 4.69) is 21.8 Å². The largest absolute Gasteiger partial charge is 0.378 e. The van der Waals surface area contributed by atoms with Gasteiger partial charge < -0.3 is 5.11 Å². The number of nitrogens with zero attached hydrogens (tertiary/aromatic N) is 2. The predicted octanol–water partition coefficient (Wildman–Crippen LogP) is 1.75. The van der Waals surface area contributed by atoms with Gasteiger partial charge in [0.25, 0.3) is 0 Å². The van der Waals surface area contributed by atoms with Crippen molar-refractivity contribution in [2.75, 3.05) is 0 Å². The van der Waals surface area contributed by atoms with Gasteiger partial charge in [-0.2, -0.15) is 0 Å². The van der Waals surface area contributed by atoms with Crippen molar-refractivity contribution in [1.82, 2.24) is 9.97 Å². The molecular weight excluding hydrogens is 200 g/mol. The van der Waals surface area contributed by atoms with Crippen molar-refractivity contribution in [1.29, 1.82) is 0 Å². The van der Waals surface area contributed by atoms with Crippen LogP contribution in [-0.2, 0) is 0 Å². The van der Waals surface area contributed by atoms with Crippen molar-refractivity contribution < 1.29 is 5.11 Å². The van der Waals surface area contributed by atoms with E-state index < -0.39 is 5.60 Å². The van der Waals surface area contributed by atoms with E-state index in [0.717, 1.165) is 10.9 Å². The minimum atomic E-state index is -1.02. The Balaban J connectivity index is 2.43. The summed E-state index contributed by atoms with van der Waals surface area (Å²) in [5, 5.41) is 10.4. The molecule has 2 rings (SSSR count). The summed E-state index contributed by atoms with van der Waals surface area (Å²) in [5.74, 6) is 5.87. The Morgan fingerprint density at radius 2 is 2.00 bits per heavy atom. The van der Waals surface area contributed by atoms with Gasteiger partial charge in [-0.1, -0.05) is 24.1 Å². The van der Waals surface area contributed by atoms with Crippen molar-refractivity contribution in [3.05, 3.63) is 36.3 Å². The maximum Gasteiger partial charge on any atom is 0.205 e. The SMILES string of the molecule is CC(C)(O)C#Cc1ncc2ccccc2n1. The Labute approximate surface area is 94.2 Å². The Morgan fingerprint density at radius 1 is 1.25 bits per heavy atom. The highest BCUT2D eigenvalue weighted by Crippen LogP contribution is 2.09. The van der Waals surface area contributed by atoms with Crippen molar-refractivity contribution in [3.8, 4) is 11.8 Å². The van der Waals surface area contributed by atoms with E-state index in [-0.39, 0.29) is 0 Å². The number of benzene rings is 1. The van der Waals surface area contributed by atoms with Crippen molar-refractivity contribution in [3.63, 3.8) is 0 Å². The first-order chi connectivity index (χ1) is 7.54. The van der Waals surface area contributed by atoms with E-state index in [4.69, 9.17) is 0 Å². The molecule has 1 heterocycles. The van der Waals surface area contributed by atoms with E-state index >= 15 is 0 Å². The fourth-order valence-electron chi connectivity index (χ4n) is 1.24. The van der Waals surface area contributed by atoms with Crippen LogP contribution in [0.5, 0.6) is 0 Å². The molecule has 0 spiro atoms. The second kappa shape index (κ2) is 3.92. The lowest BCUT2D eigenvalue weighted by atomic mass is 10.1. The van der Waals surface area contributed by atoms with Gasteiger partial charge in [0.2, 0.25) is 5.82 Å². The monoisotopic (exact) mass is 212 g/mol. The van der Waals surface area contributed by atoms with Crippen LogP contribution in [0.4, 0.5) is 0 Å². The molecule has 0 atom stereocenters. The van der Waals surface area contributed by atoms with Crippen molar-refractivity contribution in [2.24, 2.45) is 0 Å². The van der Waals surface area contributed by atoms with Crippen LogP contribution >= 0.6 is 0 Å². The topological polar surface area (TPSA) is 46.0 Å². The van der Waals surface area contributed by atoms with Gasteiger partial charge in [0.05, 0.1) is 5.52 Å². The van der Waals surface area contributed by atoms with E-state index in [9.17, 15) is 5.11 Å². The third kappa shape index (κ3) is 2.56. The minimum absolute atomic E-state index is 0.431. The standard InChI is InChI=1S/C13H12N2O/c1-13(2,16)8-7-12-14-9-10-5-3-4-6-11(10)15-12/h3-6,9,16H,1-2H3. The highest BCUT2D eigenvalue weighted by molar-refractivity contribution is 5.77. The molecule has 16 heavy (non-hydrogen) atoms. The number of hydrogen-bond donors (Lipinski definition) is 1. The molecule has 0 saturated carbocycles. The molecule has 3 heteroatoms. The summed E-state index contributed by atoms with van der Waals surface area (Å²) in [6.45, 7) is 3.25. The molecule has 0 saturated heterocycles. The Morgan fingerprint density at radius 3 is 2.75 bits per heavy atom. The predicted molar refractivity (Wildman–Crippen MR) is 62.7 cm³/mol. The van der Waals surface area contributed by atoms with Crippen LogP contribution in [0.2, 0.25) is 0 Å². The van der Waals surface area contributed by atoms with Gasteiger partial charge >= 0.3 is 0 Å². The summed E-state index contributed by atoms with van der Waals surface area (Å²) >= 11 is 0. The Kier molecular flexibility index (Phi) is 2.59. The third-order valence-corrected chi connectivity index (χ3v) is 1.97. The Bertz CT molecular complexity index is 573. The smallest absolute Gasteiger partial charge is 0.205 e. The van der Waals surface area contributed by atoms with Gasteiger partial charge in [0.15, 0.2) is 0 Å². The van der Waals surface area contributed by atoms with Crippen LogP contribution in [0, 0.1) is 11.8 Å². The molecule has 0 amide bonds. The number of hydrogen-bond acceptors (Lipinski definition) is 3. The summed E-state index contributed by atoms with van der Waals surface area (Å²) in [7, 11) is 0. The quantitative estimate of drug-likeness (QED) is 0.677. The molecule has 1 aromatic heterocycles. The zero-order valence-electron chi connectivity index (χ0n) is 9.23. The summed E-state index contributed by atoms with van der Waals surface area (Å²) in [6, 6.07) is 7.71. The first kappa shape index (κ1) is 10.6. The number of aliphatic hydroxyl groups is 1. The van der Waals surface area contributed by atoms with Gasteiger partial charge in [-0.3, -0.25) is 0 Å². The van der Waals surface area contributed by atoms with Crippen LogP contribution in [0.25, 0.3) is 10.9 Å². The highest BCUT2D eigenvalue weighted by atomic mass is 16.3. The van der Waals surface area contributed by atoms with Gasteiger partial charge in [0, 0.05) is 11.6 Å². The molecule has 0 fully saturated rings. The lowest BCUT2D eigenvalue weighted by molar-refractivity contribution is 0.143. The normalized spacial score (nSPS) is 10.9. The minimum Gasteiger partial charge on any atom is -0.378 e. The van der Waals surface area contributed by atoms with E-state index in [1.54, 1.807) is 20.0 Å². The van der Waals surface area contributed by atoms with Gasteiger partial charge in [0.1, 0.15) is 5.60 Å². The first-order valence-electron chi connectivity index (χ1n) is 5.02. The lowest BCUT2D eigenvalue weighted by Gasteiger charge is -2.05. The molecule has 1 aromatic carbocycles. The molecular formula is C13H12N2O. The van der Waals surface area contributed by atoms with E-state index in [1.807, 2.05) is 24.3 Å². The molecule has 80 valence electrons. The number of aromatic nitrogens is 2. The van der Waals surface area contributed by atoms with Crippen LogP contribution in [-0.4, -0.2) is 20.7 Å². The van der Waals surface area contributed by atoms with Crippen LogP contribution in [0.1, 0.15) is 19.7 Å². The molecule has 0 aliphatic rings. The zero-order chi connectivity index (χ0) is 11.6. The second-order valence-corrected chi connectivity index (χ2v) is 4.06. The maximum absolute atomic E-state index is 9.46. The molecule has 3 nitrogen and oxygen atoms in total. The molecule has 1 N–H and O–H groups in total. The fraction of sp³-hybridized carbons (Fsp3) is 0.231. The molecule has 0 aliphatic heterocycles. The average Bonchev–Trinajstić information content (AvgIpc) is 2.25. The van der Waals surface area contributed by atoms with Crippen LogP contribution in [0.15, 0.2) is 30.5 Å². The second-order valence-electron chi connectivity index (χ2n) is 4.06. The molecule has 0 radical (unpaired) electrons. The average molecular weight is 212 g/mol. The summed E-state index contributed by atoms with van der Waals surface area (Å²) in [4.78, 5) is 8.40. The molecule has 2 aromatic rings. The molecule has 0 aliphatic carbocycles. The summed E-state index contributed by atoms with van der Waals surface area (Å²) < 4.78 is 0. The first-order valence-corrected chi connectivity index (χ1v) is 5.02.